The third kappa shape index (κ3) is 4.64. The maximum atomic E-state index is 12.2. The number of ether oxygens (including phenoxy) is 3. The van der Waals surface area contributed by atoms with Crippen molar-refractivity contribution in [3.63, 3.8) is 0 Å². The Morgan fingerprint density at radius 2 is 2.03 bits per heavy atom. The molecular weight excluding hydrogens is 416 g/mol. The number of carbonyl (C=O) groups is 2. The van der Waals surface area contributed by atoms with Crippen LogP contribution in [-0.2, 0) is 14.3 Å². The first-order valence-electron chi connectivity index (χ1n) is 8.70. The average Bonchev–Trinajstić information content (AvgIpc) is 3.04. The molecule has 0 unspecified atom stereocenters. The molecule has 154 valence electrons. The Labute approximate surface area is 175 Å². The molecule has 0 amide bonds. The summed E-state index contributed by atoms with van der Waals surface area (Å²) in [6, 6.07) is 8.46. The fourth-order valence-electron chi connectivity index (χ4n) is 2.59. The molecule has 0 fully saturated rings. The first-order chi connectivity index (χ1) is 14.3. The van der Waals surface area contributed by atoms with Crippen LogP contribution in [0.5, 0.6) is 11.5 Å². The van der Waals surface area contributed by atoms with Gasteiger partial charge in [-0.3, -0.25) is 14.9 Å². The Morgan fingerprint density at radius 3 is 2.70 bits per heavy atom. The van der Waals surface area contributed by atoms with E-state index in [2.05, 4.69) is 4.99 Å². The van der Waals surface area contributed by atoms with Crippen LogP contribution in [0.1, 0.15) is 25.0 Å². The summed E-state index contributed by atoms with van der Waals surface area (Å²) in [6.07, 6.45) is 1.45. The van der Waals surface area contributed by atoms with Crippen molar-refractivity contribution in [3.05, 3.63) is 68.4 Å². The second kappa shape index (κ2) is 8.75. The number of nitro groups is 1. The van der Waals surface area contributed by atoms with Crippen molar-refractivity contribution < 1.29 is 28.7 Å². The van der Waals surface area contributed by atoms with E-state index in [1.165, 1.54) is 37.3 Å². The summed E-state index contributed by atoms with van der Waals surface area (Å²) in [4.78, 5) is 38.0. The molecule has 0 saturated heterocycles. The van der Waals surface area contributed by atoms with Gasteiger partial charge in [0.05, 0.1) is 22.1 Å². The van der Waals surface area contributed by atoms with Gasteiger partial charge in [0.25, 0.3) is 5.69 Å². The van der Waals surface area contributed by atoms with E-state index in [4.69, 9.17) is 25.8 Å². The van der Waals surface area contributed by atoms with Gasteiger partial charge in [0.1, 0.15) is 0 Å². The van der Waals surface area contributed by atoms with E-state index in [0.29, 0.717) is 17.9 Å². The normalized spacial score (nSPS) is 14.3. The van der Waals surface area contributed by atoms with Gasteiger partial charge in [0.2, 0.25) is 5.90 Å². The van der Waals surface area contributed by atoms with Gasteiger partial charge in [-0.1, -0.05) is 17.7 Å². The smallest absolute Gasteiger partial charge is 0.363 e. The summed E-state index contributed by atoms with van der Waals surface area (Å²) in [5.74, 6) is -0.812. The van der Waals surface area contributed by atoms with Gasteiger partial charge in [-0.25, -0.2) is 9.79 Å². The zero-order valence-corrected chi connectivity index (χ0v) is 16.6. The third-order valence-corrected chi connectivity index (χ3v) is 4.17. The second-order valence-electron chi connectivity index (χ2n) is 5.99. The summed E-state index contributed by atoms with van der Waals surface area (Å²) in [5.41, 5.74) is 0.419. The molecule has 1 aliphatic rings. The summed E-state index contributed by atoms with van der Waals surface area (Å²) < 4.78 is 15.7. The van der Waals surface area contributed by atoms with Crippen LogP contribution in [0.2, 0.25) is 5.02 Å². The van der Waals surface area contributed by atoms with E-state index in [1.807, 2.05) is 0 Å². The number of nitrogens with zero attached hydrogens (tertiary/aromatic N) is 2. The molecule has 2 aromatic rings. The van der Waals surface area contributed by atoms with Crippen molar-refractivity contribution in [1.29, 1.82) is 0 Å². The number of esters is 2. The highest BCUT2D eigenvalue weighted by Gasteiger charge is 2.27. The van der Waals surface area contributed by atoms with Crippen molar-refractivity contribution in [3.8, 4) is 11.5 Å². The molecule has 0 N–H and O–H groups in total. The first kappa shape index (κ1) is 21.0. The van der Waals surface area contributed by atoms with Gasteiger partial charge < -0.3 is 14.2 Å². The molecule has 0 saturated carbocycles. The molecule has 2 aromatic carbocycles. The average molecular weight is 431 g/mol. The lowest BCUT2D eigenvalue weighted by atomic mass is 10.1. The van der Waals surface area contributed by atoms with Crippen LogP contribution in [-0.4, -0.2) is 29.4 Å². The molecule has 10 heteroatoms. The molecule has 1 heterocycles. The van der Waals surface area contributed by atoms with E-state index < -0.39 is 16.9 Å². The molecule has 0 bridgehead atoms. The van der Waals surface area contributed by atoms with Gasteiger partial charge in [-0.05, 0) is 36.8 Å². The van der Waals surface area contributed by atoms with Gasteiger partial charge in [-0.15, -0.1) is 0 Å². The maximum Gasteiger partial charge on any atom is 0.363 e. The molecule has 0 aromatic heterocycles. The van der Waals surface area contributed by atoms with E-state index >= 15 is 0 Å². The number of benzene rings is 2. The molecule has 1 aliphatic heterocycles. The Morgan fingerprint density at radius 1 is 1.27 bits per heavy atom. The minimum atomic E-state index is -0.741. The molecule has 3 rings (SSSR count). The summed E-state index contributed by atoms with van der Waals surface area (Å²) in [7, 11) is 0. The Balaban J connectivity index is 1.96. The topological polar surface area (TPSA) is 117 Å². The van der Waals surface area contributed by atoms with Crippen molar-refractivity contribution in [2.24, 2.45) is 4.99 Å². The quantitative estimate of drug-likeness (QED) is 0.224. The number of rotatable bonds is 6. The van der Waals surface area contributed by atoms with Crippen molar-refractivity contribution in [2.45, 2.75) is 13.8 Å². The number of cyclic esters (lactones) is 1. The number of non-ortho nitro benzene ring substituents is 1. The highest BCUT2D eigenvalue weighted by Crippen LogP contribution is 2.31. The highest BCUT2D eigenvalue weighted by atomic mass is 35.5. The summed E-state index contributed by atoms with van der Waals surface area (Å²) in [5, 5.41) is 11.1. The van der Waals surface area contributed by atoms with E-state index in [9.17, 15) is 19.7 Å². The van der Waals surface area contributed by atoms with Gasteiger partial charge in [0.15, 0.2) is 17.2 Å². The number of halogens is 1. The summed E-state index contributed by atoms with van der Waals surface area (Å²) >= 11 is 6.08. The number of carbonyl (C=O) groups excluding carboxylic acids is 2. The van der Waals surface area contributed by atoms with Crippen LogP contribution in [0.4, 0.5) is 5.69 Å². The second-order valence-corrected chi connectivity index (χ2v) is 6.40. The third-order valence-electron chi connectivity index (χ3n) is 3.84. The molecule has 0 aliphatic carbocycles. The monoisotopic (exact) mass is 430 g/mol. The van der Waals surface area contributed by atoms with Gasteiger partial charge in [0, 0.05) is 19.1 Å². The molecule has 0 atom stereocenters. The Bertz CT molecular complexity index is 1110. The molecule has 0 radical (unpaired) electrons. The number of aliphatic imine (C=N–C) groups is 1. The summed E-state index contributed by atoms with van der Waals surface area (Å²) in [6.45, 7) is 3.38. The highest BCUT2D eigenvalue weighted by molar-refractivity contribution is 6.34. The zero-order chi connectivity index (χ0) is 21.8. The largest absolute Gasteiger partial charge is 0.490 e. The van der Waals surface area contributed by atoms with Crippen LogP contribution < -0.4 is 9.47 Å². The first-order valence-corrected chi connectivity index (χ1v) is 9.08. The number of hydrogen-bond acceptors (Lipinski definition) is 8. The lowest BCUT2D eigenvalue weighted by Gasteiger charge is -2.10. The maximum absolute atomic E-state index is 12.2. The lowest BCUT2D eigenvalue weighted by Crippen LogP contribution is -2.06. The van der Waals surface area contributed by atoms with Crippen molar-refractivity contribution >= 4 is 41.2 Å². The van der Waals surface area contributed by atoms with E-state index in [1.54, 1.807) is 19.1 Å². The number of hydrogen-bond donors (Lipinski definition) is 0. The Hall–Kier alpha value is -3.72. The van der Waals surface area contributed by atoms with Crippen LogP contribution in [0.25, 0.3) is 6.08 Å². The fraction of sp³-hybridized carbons (Fsp3) is 0.150. The minimum Gasteiger partial charge on any atom is -0.490 e. The number of nitro benzene ring substituents is 1. The van der Waals surface area contributed by atoms with Gasteiger partial charge in [-0.2, -0.15) is 0 Å². The SMILES string of the molecule is CCOc1cc(/C=C2/N=C(c3cc([N+](=O)[O-])ccc3Cl)OC2=O)ccc1OC(C)=O. The molecule has 9 nitrogen and oxygen atoms in total. The minimum absolute atomic E-state index is 0.0322. The fourth-order valence-corrected chi connectivity index (χ4v) is 2.79. The van der Waals surface area contributed by atoms with Crippen LogP contribution in [0, 0.1) is 10.1 Å². The van der Waals surface area contributed by atoms with Crippen molar-refractivity contribution in [2.75, 3.05) is 6.61 Å². The molecule has 30 heavy (non-hydrogen) atoms. The predicted molar refractivity (Wildman–Crippen MR) is 108 cm³/mol. The van der Waals surface area contributed by atoms with Crippen LogP contribution >= 0.6 is 11.6 Å². The molecule has 0 spiro atoms. The van der Waals surface area contributed by atoms with E-state index in [-0.39, 0.29) is 33.6 Å². The van der Waals surface area contributed by atoms with Gasteiger partial charge >= 0.3 is 11.9 Å². The zero-order valence-electron chi connectivity index (χ0n) is 15.9. The van der Waals surface area contributed by atoms with Crippen LogP contribution in [0.3, 0.4) is 0 Å². The van der Waals surface area contributed by atoms with Crippen molar-refractivity contribution in [1.82, 2.24) is 0 Å². The van der Waals surface area contributed by atoms with E-state index in [0.717, 1.165) is 0 Å². The lowest BCUT2D eigenvalue weighted by molar-refractivity contribution is -0.384. The Kier molecular flexibility index (Phi) is 6.12. The molecular formula is C20H15ClN2O7. The standard InChI is InChI=1S/C20H15ClN2O7/c1-3-28-18-9-12(4-7-17(18)29-11(2)24)8-16-20(25)30-19(22-16)14-10-13(23(26)27)5-6-15(14)21/h4-10H,3H2,1-2H3/b16-8+. The predicted octanol–water partition coefficient (Wildman–Crippen LogP) is 3.92. The van der Waals surface area contributed by atoms with Crippen LogP contribution in [0.15, 0.2) is 47.1 Å².